The second kappa shape index (κ2) is 4.80. The van der Waals surface area contributed by atoms with Crippen molar-refractivity contribution in [3.63, 3.8) is 0 Å². The lowest BCUT2D eigenvalue weighted by Crippen LogP contribution is -2.47. The van der Waals surface area contributed by atoms with Gasteiger partial charge in [-0.3, -0.25) is 9.59 Å². The van der Waals surface area contributed by atoms with Crippen LogP contribution in [0.4, 0.5) is 0 Å². The van der Waals surface area contributed by atoms with Crippen LogP contribution in [0.15, 0.2) is 0 Å². The van der Waals surface area contributed by atoms with E-state index in [1.54, 1.807) is 0 Å². The maximum absolute atomic E-state index is 11.6. The number of likely N-dealkylation sites (N-methyl/N-ethyl adjacent to an activating group) is 1. The Bertz CT molecular complexity index is 286. The molecular weight excluding hydrogens is 210 g/mol. The van der Waals surface area contributed by atoms with E-state index >= 15 is 0 Å². The lowest BCUT2D eigenvalue weighted by Gasteiger charge is -2.23. The van der Waals surface area contributed by atoms with Gasteiger partial charge >= 0.3 is 5.97 Å². The minimum Gasteiger partial charge on any atom is -0.480 e. The highest BCUT2D eigenvalue weighted by Gasteiger charge is 2.30. The molecule has 3 N–H and O–H groups in total. The summed E-state index contributed by atoms with van der Waals surface area (Å²) in [5.74, 6) is -0.895. The second-order valence-electron chi connectivity index (χ2n) is 5.25. The van der Waals surface area contributed by atoms with Crippen LogP contribution < -0.4 is 10.6 Å². The molecule has 1 saturated heterocycles. The highest BCUT2D eigenvalue weighted by molar-refractivity contribution is 5.78. The molecule has 0 spiro atoms. The van der Waals surface area contributed by atoms with Crippen LogP contribution in [-0.2, 0) is 9.59 Å². The molecule has 0 aromatic heterocycles. The van der Waals surface area contributed by atoms with Crippen molar-refractivity contribution in [3.05, 3.63) is 0 Å². The number of rotatable bonds is 4. The van der Waals surface area contributed by atoms with Crippen molar-refractivity contribution in [2.45, 2.75) is 18.5 Å². The first-order chi connectivity index (χ1) is 7.28. The van der Waals surface area contributed by atoms with Gasteiger partial charge in [0.15, 0.2) is 6.54 Å². The van der Waals surface area contributed by atoms with Gasteiger partial charge in [0.25, 0.3) is 5.91 Å². The minimum atomic E-state index is -0.858. The number of aliphatic carboxylic acids is 1. The fraction of sp³-hybridized carbons (Fsp3) is 0.800. The third-order valence-corrected chi connectivity index (χ3v) is 2.41. The maximum Gasteiger partial charge on any atom is 0.320 e. The van der Waals surface area contributed by atoms with Crippen molar-refractivity contribution in [3.8, 4) is 0 Å². The predicted molar refractivity (Wildman–Crippen MR) is 58.9 cm³/mol. The molecule has 0 aromatic rings. The highest BCUT2D eigenvalue weighted by atomic mass is 16.4. The lowest BCUT2D eigenvalue weighted by atomic mass is 10.2. The van der Waals surface area contributed by atoms with Gasteiger partial charge in [-0.05, 0) is 6.42 Å². The third kappa shape index (κ3) is 4.16. The summed E-state index contributed by atoms with van der Waals surface area (Å²) < 4.78 is 0.564. The molecule has 92 valence electrons. The van der Waals surface area contributed by atoms with E-state index in [4.69, 9.17) is 5.11 Å². The Hall–Kier alpha value is -1.14. The quantitative estimate of drug-likeness (QED) is 0.520. The Morgan fingerprint density at radius 1 is 1.44 bits per heavy atom. The standard InChI is InChI=1S/C10H19N3O3/c1-13(2,3)6-9(14)12-7-4-8(10(15)16)11-5-7/h7-8,11H,4-6H2,1-3H3,(H-,12,14,15,16)/p+1/t7-,8+/m0/s1. The average Bonchev–Trinajstić information content (AvgIpc) is 2.48. The molecule has 1 heterocycles. The van der Waals surface area contributed by atoms with E-state index in [2.05, 4.69) is 10.6 Å². The molecule has 0 bridgehead atoms. The van der Waals surface area contributed by atoms with Gasteiger partial charge in [0.1, 0.15) is 6.04 Å². The Balaban J connectivity index is 2.34. The largest absolute Gasteiger partial charge is 0.480 e. The van der Waals surface area contributed by atoms with Crippen molar-refractivity contribution >= 4 is 11.9 Å². The van der Waals surface area contributed by atoms with E-state index in [1.807, 2.05) is 21.1 Å². The summed E-state index contributed by atoms with van der Waals surface area (Å²) in [5, 5.41) is 14.5. The summed E-state index contributed by atoms with van der Waals surface area (Å²) >= 11 is 0. The zero-order chi connectivity index (χ0) is 12.3. The van der Waals surface area contributed by atoms with Crippen LogP contribution in [0.3, 0.4) is 0 Å². The molecule has 1 fully saturated rings. The van der Waals surface area contributed by atoms with Gasteiger partial charge in [-0.15, -0.1) is 0 Å². The maximum atomic E-state index is 11.6. The van der Waals surface area contributed by atoms with Gasteiger partial charge in [0, 0.05) is 12.6 Å². The van der Waals surface area contributed by atoms with Crippen molar-refractivity contribution in [2.24, 2.45) is 0 Å². The van der Waals surface area contributed by atoms with Crippen molar-refractivity contribution in [1.29, 1.82) is 0 Å². The van der Waals surface area contributed by atoms with Crippen molar-refractivity contribution in [2.75, 3.05) is 34.2 Å². The first kappa shape index (κ1) is 12.9. The zero-order valence-electron chi connectivity index (χ0n) is 9.99. The number of carboxylic acid groups (broad SMARTS) is 1. The number of carboxylic acids is 1. The molecule has 2 atom stereocenters. The van der Waals surface area contributed by atoms with Crippen LogP contribution in [0.5, 0.6) is 0 Å². The van der Waals surface area contributed by atoms with Gasteiger partial charge in [-0.2, -0.15) is 0 Å². The van der Waals surface area contributed by atoms with Crippen molar-refractivity contribution in [1.82, 2.24) is 10.6 Å². The van der Waals surface area contributed by atoms with Crippen molar-refractivity contribution < 1.29 is 19.2 Å². The summed E-state index contributed by atoms with van der Waals surface area (Å²) in [6.45, 7) is 0.925. The molecule has 6 heteroatoms. The molecule has 0 unspecified atom stereocenters. The number of carbonyl (C=O) groups excluding carboxylic acids is 1. The monoisotopic (exact) mass is 230 g/mol. The van der Waals surface area contributed by atoms with E-state index in [-0.39, 0.29) is 11.9 Å². The predicted octanol–water partition coefficient (Wildman–Crippen LogP) is -1.38. The van der Waals surface area contributed by atoms with Crippen LogP contribution in [-0.4, -0.2) is 67.8 Å². The fourth-order valence-corrected chi connectivity index (χ4v) is 1.74. The zero-order valence-corrected chi connectivity index (χ0v) is 9.99. The molecule has 1 amide bonds. The Labute approximate surface area is 95.2 Å². The second-order valence-corrected chi connectivity index (χ2v) is 5.25. The Morgan fingerprint density at radius 3 is 2.50 bits per heavy atom. The van der Waals surface area contributed by atoms with Crippen LogP contribution in [0.1, 0.15) is 6.42 Å². The number of hydrogen-bond acceptors (Lipinski definition) is 3. The number of hydrogen-bond donors (Lipinski definition) is 3. The van der Waals surface area contributed by atoms with Gasteiger partial charge < -0.3 is 20.2 Å². The smallest absolute Gasteiger partial charge is 0.320 e. The summed E-state index contributed by atoms with van der Waals surface area (Å²) in [6.07, 6.45) is 0.457. The van der Waals surface area contributed by atoms with E-state index in [9.17, 15) is 9.59 Å². The number of carbonyl (C=O) groups is 2. The summed E-state index contributed by atoms with van der Waals surface area (Å²) in [5.41, 5.74) is 0. The van der Waals surface area contributed by atoms with Gasteiger partial charge in [0.05, 0.1) is 21.1 Å². The summed E-state index contributed by atoms with van der Waals surface area (Å²) in [4.78, 5) is 22.3. The molecule has 0 saturated carbocycles. The molecule has 16 heavy (non-hydrogen) atoms. The topological polar surface area (TPSA) is 78.4 Å². The molecule has 0 aliphatic carbocycles. The number of quaternary nitrogens is 1. The molecule has 1 rings (SSSR count). The van der Waals surface area contributed by atoms with E-state index in [0.29, 0.717) is 24.0 Å². The van der Waals surface area contributed by atoms with Gasteiger partial charge in [-0.25, -0.2) is 0 Å². The lowest BCUT2D eigenvalue weighted by molar-refractivity contribution is -0.862. The number of amides is 1. The Morgan fingerprint density at radius 2 is 2.06 bits per heavy atom. The van der Waals surface area contributed by atoms with Crippen LogP contribution in [0.25, 0.3) is 0 Å². The first-order valence-electron chi connectivity index (χ1n) is 5.34. The van der Waals surface area contributed by atoms with Gasteiger partial charge in [-0.1, -0.05) is 0 Å². The summed E-state index contributed by atoms with van der Waals surface area (Å²) in [6, 6.07) is -0.602. The summed E-state index contributed by atoms with van der Waals surface area (Å²) in [7, 11) is 5.81. The van der Waals surface area contributed by atoms with E-state index < -0.39 is 12.0 Å². The molecule has 0 aromatic carbocycles. The third-order valence-electron chi connectivity index (χ3n) is 2.41. The van der Waals surface area contributed by atoms with E-state index in [1.165, 1.54) is 0 Å². The molecule has 6 nitrogen and oxygen atoms in total. The molecular formula is C10H20N3O3+. The molecule has 1 aliphatic rings. The average molecular weight is 230 g/mol. The Kier molecular flexibility index (Phi) is 3.88. The normalized spacial score (nSPS) is 25.4. The van der Waals surface area contributed by atoms with Gasteiger partial charge in [0.2, 0.25) is 0 Å². The first-order valence-corrected chi connectivity index (χ1v) is 5.34. The van der Waals surface area contributed by atoms with E-state index in [0.717, 1.165) is 0 Å². The molecule has 1 aliphatic heterocycles. The fourth-order valence-electron chi connectivity index (χ4n) is 1.74. The molecule has 0 radical (unpaired) electrons. The van der Waals surface area contributed by atoms with Crippen LogP contribution in [0, 0.1) is 0 Å². The van der Waals surface area contributed by atoms with Crippen LogP contribution >= 0.6 is 0 Å². The van der Waals surface area contributed by atoms with Crippen LogP contribution in [0.2, 0.25) is 0 Å². The number of nitrogens with zero attached hydrogens (tertiary/aromatic N) is 1. The minimum absolute atomic E-state index is 0.0367. The number of nitrogens with one attached hydrogen (secondary N) is 2. The highest BCUT2D eigenvalue weighted by Crippen LogP contribution is 2.06. The SMILES string of the molecule is C[N+](C)(C)CC(=O)N[C@@H]1CN[C@@H](C(=O)O)C1.